The Morgan fingerprint density at radius 2 is 1.95 bits per heavy atom. The summed E-state index contributed by atoms with van der Waals surface area (Å²) in [6, 6.07) is 7.98. The minimum atomic E-state index is -0.789. The van der Waals surface area contributed by atoms with Crippen molar-refractivity contribution in [3.8, 4) is 0 Å². The summed E-state index contributed by atoms with van der Waals surface area (Å²) >= 11 is 0. The number of carbonyl (C=O) groups excluding carboxylic acids is 1. The summed E-state index contributed by atoms with van der Waals surface area (Å²) in [6.45, 7) is 7.22. The van der Waals surface area contributed by atoms with Crippen LogP contribution >= 0.6 is 0 Å². The fourth-order valence-corrected chi connectivity index (χ4v) is 3.17. The van der Waals surface area contributed by atoms with Crippen molar-refractivity contribution in [1.82, 2.24) is 4.90 Å². The quantitative estimate of drug-likeness (QED) is 0.813. The zero-order valence-electron chi connectivity index (χ0n) is 13.8. The van der Waals surface area contributed by atoms with E-state index in [1.165, 1.54) is 5.56 Å². The fourth-order valence-electron chi connectivity index (χ4n) is 3.17. The van der Waals surface area contributed by atoms with Gasteiger partial charge in [-0.05, 0) is 43.6 Å². The van der Waals surface area contributed by atoms with Gasteiger partial charge in [-0.3, -0.25) is 9.69 Å². The predicted molar refractivity (Wildman–Crippen MR) is 89.7 cm³/mol. The van der Waals surface area contributed by atoms with Gasteiger partial charge in [0, 0.05) is 12.2 Å². The molecule has 4 nitrogen and oxygen atoms in total. The van der Waals surface area contributed by atoms with Crippen LogP contribution in [0.3, 0.4) is 0 Å². The van der Waals surface area contributed by atoms with Crippen molar-refractivity contribution in [3.05, 3.63) is 29.8 Å². The van der Waals surface area contributed by atoms with E-state index in [-0.39, 0.29) is 12.3 Å². The van der Waals surface area contributed by atoms with Gasteiger partial charge >= 0.3 is 0 Å². The maximum absolute atomic E-state index is 12.1. The predicted octanol–water partition coefficient (Wildman–Crippen LogP) is 3.16. The minimum absolute atomic E-state index is 0.0932. The van der Waals surface area contributed by atoms with E-state index in [0.717, 1.165) is 51.0 Å². The number of hydrogen-bond acceptors (Lipinski definition) is 3. The average Bonchev–Trinajstić information content (AvgIpc) is 2.91. The van der Waals surface area contributed by atoms with Gasteiger partial charge in [-0.1, -0.05) is 38.8 Å². The summed E-state index contributed by atoms with van der Waals surface area (Å²) in [6.07, 6.45) is 3.71. The lowest BCUT2D eigenvalue weighted by atomic mass is 9.97. The topological polar surface area (TPSA) is 52.6 Å². The molecule has 1 amide bonds. The molecule has 2 rings (SSSR count). The summed E-state index contributed by atoms with van der Waals surface area (Å²) in [5, 5.41) is 13.2. The Labute approximate surface area is 133 Å². The molecular weight excluding hydrogens is 276 g/mol. The van der Waals surface area contributed by atoms with E-state index in [4.69, 9.17) is 0 Å². The lowest BCUT2D eigenvalue weighted by Crippen LogP contribution is -2.30. The molecule has 0 bridgehead atoms. The molecular formula is C18H28N2O2. The number of nitrogens with zero attached hydrogens (tertiary/aromatic N) is 1. The highest BCUT2D eigenvalue weighted by atomic mass is 16.3. The Morgan fingerprint density at radius 3 is 2.59 bits per heavy atom. The summed E-state index contributed by atoms with van der Waals surface area (Å²) < 4.78 is 0. The molecule has 0 aromatic heterocycles. The summed E-state index contributed by atoms with van der Waals surface area (Å²) in [7, 11) is 0. The van der Waals surface area contributed by atoms with Crippen LogP contribution in [-0.2, 0) is 11.3 Å². The highest BCUT2D eigenvalue weighted by molar-refractivity contribution is 5.91. The molecule has 1 aromatic rings. The Bertz CT molecular complexity index is 492. The van der Waals surface area contributed by atoms with Crippen LogP contribution in [0.1, 0.15) is 51.5 Å². The molecule has 1 aliphatic rings. The van der Waals surface area contributed by atoms with Crippen molar-refractivity contribution in [1.29, 1.82) is 0 Å². The normalized spacial score (nSPS) is 16.9. The maximum Gasteiger partial charge on any atom is 0.227 e. The van der Waals surface area contributed by atoms with E-state index in [9.17, 15) is 9.90 Å². The third kappa shape index (κ3) is 4.82. The highest BCUT2D eigenvalue weighted by Gasteiger charge is 2.33. The van der Waals surface area contributed by atoms with Crippen LogP contribution in [-0.4, -0.2) is 34.6 Å². The minimum Gasteiger partial charge on any atom is -0.389 e. The van der Waals surface area contributed by atoms with Crippen LogP contribution in [0.5, 0.6) is 0 Å². The highest BCUT2D eigenvalue weighted by Crippen LogP contribution is 2.32. The second kappa shape index (κ2) is 7.75. The van der Waals surface area contributed by atoms with Gasteiger partial charge in [-0.25, -0.2) is 0 Å². The smallest absolute Gasteiger partial charge is 0.227 e. The molecule has 0 spiro atoms. The maximum atomic E-state index is 12.1. The van der Waals surface area contributed by atoms with Crippen molar-refractivity contribution in [3.63, 3.8) is 0 Å². The van der Waals surface area contributed by atoms with Gasteiger partial charge in [0.1, 0.15) is 0 Å². The summed E-state index contributed by atoms with van der Waals surface area (Å²) in [4.78, 5) is 14.5. The Balaban J connectivity index is 1.93. The molecule has 1 saturated carbocycles. The fraction of sp³-hybridized carbons (Fsp3) is 0.611. The van der Waals surface area contributed by atoms with Crippen LogP contribution < -0.4 is 5.32 Å². The average molecular weight is 304 g/mol. The standard InChI is InChI=1S/C18H28N2O2/c1-3-20(4-2)14-15-8-7-9-16(12-15)19-17(21)13-18(22)10-5-6-11-18/h7-9,12,22H,3-6,10-11,13-14H2,1-2H3,(H,19,21). The molecule has 1 aromatic carbocycles. The lowest BCUT2D eigenvalue weighted by molar-refractivity contribution is -0.120. The number of rotatable bonds is 7. The van der Waals surface area contributed by atoms with E-state index in [2.05, 4.69) is 30.1 Å². The monoisotopic (exact) mass is 304 g/mol. The van der Waals surface area contributed by atoms with Gasteiger partial charge in [0.2, 0.25) is 5.91 Å². The third-order valence-electron chi connectivity index (χ3n) is 4.54. The Morgan fingerprint density at radius 1 is 1.27 bits per heavy atom. The van der Waals surface area contributed by atoms with Crippen molar-refractivity contribution >= 4 is 11.6 Å². The second-order valence-corrected chi connectivity index (χ2v) is 6.32. The van der Waals surface area contributed by atoms with E-state index in [0.29, 0.717) is 0 Å². The summed E-state index contributed by atoms with van der Waals surface area (Å²) in [5.74, 6) is -0.0932. The van der Waals surface area contributed by atoms with E-state index in [1.807, 2.05) is 18.2 Å². The largest absolute Gasteiger partial charge is 0.389 e. The molecule has 122 valence electrons. The molecule has 0 unspecified atom stereocenters. The number of nitrogens with one attached hydrogen (secondary N) is 1. The number of carbonyl (C=O) groups is 1. The Kier molecular flexibility index (Phi) is 5.98. The van der Waals surface area contributed by atoms with Crippen molar-refractivity contribution < 1.29 is 9.90 Å². The lowest BCUT2D eigenvalue weighted by Gasteiger charge is -2.21. The van der Waals surface area contributed by atoms with Crippen LogP contribution in [0.4, 0.5) is 5.69 Å². The first kappa shape index (κ1) is 17.0. The van der Waals surface area contributed by atoms with Gasteiger partial charge in [0.25, 0.3) is 0 Å². The van der Waals surface area contributed by atoms with E-state index >= 15 is 0 Å². The number of hydrogen-bond donors (Lipinski definition) is 2. The van der Waals surface area contributed by atoms with Crippen molar-refractivity contribution in [2.45, 2.75) is 58.1 Å². The SMILES string of the molecule is CCN(CC)Cc1cccc(NC(=O)CC2(O)CCCC2)c1. The number of amides is 1. The van der Waals surface area contributed by atoms with Crippen molar-refractivity contribution in [2.75, 3.05) is 18.4 Å². The zero-order chi connectivity index (χ0) is 16.0. The van der Waals surface area contributed by atoms with Gasteiger partial charge < -0.3 is 10.4 Å². The van der Waals surface area contributed by atoms with Gasteiger partial charge in [-0.2, -0.15) is 0 Å². The molecule has 0 heterocycles. The van der Waals surface area contributed by atoms with Crippen LogP contribution in [0.2, 0.25) is 0 Å². The first-order chi connectivity index (χ1) is 10.5. The van der Waals surface area contributed by atoms with Gasteiger partial charge in [0.15, 0.2) is 0 Å². The van der Waals surface area contributed by atoms with Crippen LogP contribution in [0.15, 0.2) is 24.3 Å². The van der Waals surface area contributed by atoms with E-state index in [1.54, 1.807) is 0 Å². The number of benzene rings is 1. The molecule has 1 aliphatic carbocycles. The van der Waals surface area contributed by atoms with Gasteiger partial charge in [0.05, 0.1) is 12.0 Å². The zero-order valence-corrected chi connectivity index (χ0v) is 13.8. The second-order valence-electron chi connectivity index (χ2n) is 6.32. The molecule has 1 fully saturated rings. The van der Waals surface area contributed by atoms with Gasteiger partial charge in [-0.15, -0.1) is 0 Å². The molecule has 22 heavy (non-hydrogen) atoms. The number of anilines is 1. The van der Waals surface area contributed by atoms with E-state index < -0.39 is 5.60 Å². The first-order valence-electron chi connectivity index (χ1n) is 8.38. The molecule has 0 aliphatic heterocycles. The molecule has 4 heteroatoms. The van der Waals surface area contributed by atoms with Crippen molar-refractivity contribution in [2.24, 2.45) is 0 Å². The number of aliphatic hydroxyl groups is 1. The van der Waals surface area contributed by atoms with Crippen LogP contribution in [0.25, 0.3) is 0 Å². The van der Waals surface area contributed by atoms with Crippen LogP contribution in [0, 0.1) is 0 Å². The molecule has 0 radical (unpaired) electrons. The summed E-state index contributed by atoms with van der Waals surface area (Å²) in [5.41, 5.74) is 1.22. The molecule has 2 N–H and O–H groups in total. The molecule has 0 atom stereocenters. The first-order valence-corrected chi connectivity index (χ1v) is 8.38. The third-order valence-corrected chi connectivity index (χ3v) is 4.54. The Hall–Kier alpha value is -1.39. The molecule has 0 saturated heterocycles.